The van der Waals surface area contributed by atoms with Crippen LogP contribution < -0.4 is 5.32 Å². The van der Waals surface area contributed by atoms with Crippen molar-refractivity contribution in [3.8, 4) is 11.8 Å². The van der Waals surface area contributed by atoms with Crippen molar-refractivity contribution in [1.82, 2.24) is 10.3 Å². The minimum Gasteiger partial charge on any atom is -0.384 e. The van der Waals surface area contributed by atoms with Crippen molar-refractivity contribution < 1.29 is 14.3 Å². The zero-order valence-corrected chi connectivity index (χ0v) is 11.1. The summed E-state index contributed by atoms with van der Waals surface area (Å²) < 4.78 is 13.0. The lowest BCUT2D eigenvalue weighted by Gasteiger charge is -2.05. The predicted molar refractivity (Wildman–Crippen MR) is 75.8 cm³/mol. The van der Waals surface area contributed by atoms with Gasteiger partial charge in [-0.2, -0.15) is 0 Å². The highest BCUT2D eigenvalue weighted by atomic mass is 19.1. The molecule has 0 aliphatic heterocycles. The number of halogens is 1. The number of rotatable bonds is 3. The largest absolute Gasteiger partial charge is 0.384 e. The van der Waals surface area contributed by atoms with E-state index in [0.717, 1.165) is 23.4 Å². The lowest BCUT2D eigenvalue weighted by Crippen LogP contribution is -2.23. The van der Waals surface area contributed by atoms with E-state index in [-0.39, 0.29) is 12.2 Å². The Labute approximate surface area is 121 Å². The molecule has 0 aliphatic rings. The molecule has 1 heterocycles. The molecule has 0 radical (unpaired) electrons. The summed E-state index contributed by atoms with van der Waals surface area (Å²) in [6.07, 6.45) is 2.35. The molecule has 21 heavy (non-hydrogen) atoms. The van der Waals surface area contributed by atoms with Gasteiger partial charge in [0.15, 0.2) is 0 Å². The van der Waals surface area contributed by atoms with E-state index in [1.54, 1.807) is 0 Å². The number of nitrogens with zero attached hydrogens (tertiary/aromatic N) is 1. The Bertz CT molecular complexity index is 705. The van der Waals surface area contributed by atoms with Crippen LogP contribution in [0.1, 0.15) is 21.5 Å². The van der Waals surface area contributed by atoms with Gasteiger partial charge in [0, 0.05) is 18.3 Å². The molecular formula is C16H13FN2O2. The van der Waals surface area contributed by atoms with Crippen LogP contribution in [0.5, 0.6) is 0 Å². The van der Waals surface area contributed by atoms with Gasteiger partial charge in [-0.15, -0.1) is 0 Å². The maximum absolute atomic E-state index is 13.0. The summed E-state index contributed by atoms with van der Waals surface area (Å²) in [7, 11) is 0. The van der Waals surface area contributed by atoms with E-state index in [4.69, 9.17) is 5.11 Å². The zero-order chi connectivity index (χ0) is 15.1. The van der Waals surface area contributed by atoms with Crippen LogP contribution in [0.15, 0.2) is 42.7 Å². The first-order chi connectivity index (χ1) is 10.2. The van der Waals surface area contributed by atoms with Gasteiger partial charge < -0.3 is 10.4 Å². The molecule has 0 saturated heterocycles. The molecule has 106 valence electrons. The number of aliphatic hydroxyl groups is 1. The van der Waals surface area contributed by atoms with Crippen molar-refractivity contribution in [3.63, 3.8) is 0 Å². The van der Waals surface area contributed by atoms with E-state index < -0.39 is 11.7 Å². The van der Waals surface area contributed by atoms with Crippen LogP contribution in [0.4, 0.5) is 4.39 Å². The standard InChI is InChI=1S/C16H13FN2O2/c17-15-8-14(10-18-11-15)16(21)19-9-13-4-1-3-12(7-13)5-2-6-20/h1,3-4,7-8,10-11,20H,6,9H2,(H,19,21). The van der Waals surface area contributed by atoms with E-state index in [9.17, 15) is 9.18 Å². The van der Waals surface area contributed by atoms with E-state index in [2.05, 4.69) is 22.1 Å². The molecule has 1 aromatic carbocycles. The highest BCUT2D eigenvalue weighted by Crippen LogP contribution is 2.05. The number of aliphatic hydroxyl groups excluding tert-OH is 1. The van der Waals surface area contributed by atoms with Crippen LogP contribution in [0.2, 0.25) is 0 Å². The van der Waals surface area contributed by atoms with Gasteiger partial charge in [0.1, 0.15) is 12.4 Å². The summed E-state index contributed by atoms with van der Waals surface area (Å²) in [5.41, 5.74) is 1.78. The number of nitrogens with one attached hydrogen (secondary N) is 1. The Hall–Kier alpha value is -2.71. The van der Waals surface area contributed by atoms with Gasteiger partial charge in [-0.3, -0.25) is 9.78 Å². The molecule has 0 aliphatic carbocycles. The number of hydrogen-bond donors (Lipinski definition) is 2. The third-order valence-corrected chi connectivity index (χ3v) is 2.66. The first-order valence-corrected chi connectivity index (χ1v) is 6.26. The molecular weight excluding hydrogens is 271 g/mol. The fourth-order valence-electron chi connectivity index (χ4n) is 1.72. The van der Waals surface area contributed by atoms with Crippen LogP contribution in [0.25, 0.3) is 0 Å². The Morgan fingerprint density at radius 3 is 2.95 bits per heavy atom. The number of amides is 1. The SMILES string of the molecule is O=C(NCc1cccc(C#CCO)c1)c1cncc(F)c1. The van der Waals surface area contributed by atoms with Crippen molar-refractivity contribution in [2.24, 2.45) is 0 Å². The van der Waals surface area contributed by atoms with Crippen LogP contribution in [-0.2, 0) is 6.54 Å². The van der Waals surface area contributed by atoms with Gasteiger partial charge in [0.25, 0.3) is 5.91 Å². The zero-order valence-electron chi connectivity index (χ0n) is 11.1. The molecule has 0 fully saturated rings. The van der Waals surface area contributed by atoms with E-state index >= 15 is 0 Å². The molecule has 4 nitrogen and oxygen atoms in total. The summed E-state index contributed by atoms with van der Waals surface area (Å²) in [6.45, 7) is 0.0948. The average molecular weight is 284 g/mol. The van der Waals surface area contributed by atoms with Crippen molar-refractivity contribution >= 4 is 5.91 Å². The molecule has 2 N–H and O–H groups in total. The molecule has 2 rings (SSSR count). The highest BCUT2D eigenvalue weighted by Gasteiger charge is 2.06. The predicted octanol–water partition coefficient (Wildman–Crippen LogP) is 1.49. The normalized spacial score (nSPS) is 9.62. The van der Waals surface area contributed by atoms with Gasteiger partial charge >= 0.3 is 0 Å². The Morgan fingerprint density at radius 1 is 1.33 bits per heavy atom. The van der Waals surface area contributed by atoms with E-state index in [0.29, 0.717) is 6.54 Å². The summed E-state index contributed by atoms with van der Waals surface area (Å²) in [5, 5.41) is 11.3. The molecule has 1 amide bonds. The smallest absolute Gasteiger partial charge is 0.253 e. The molecule has 0 unspecified atom stereocenters. The molecule has 0 bridgehead atoms. The molecule has 5 heteroatoms. The van der Waals surface area contributed by atoms with E-state index in [1.165, 1.54) is 6.20 Å². The molecule has 1 aromatic heterocycles. The fourth-order valence-corrected chi connectivity index (χ4v) is 1.72. The van der Waals surface area contributed by atoms with Gasteiger partial charge in [-0.1, -0.05) is 24.0 Å². The number of carbonyl (C=O) groups excluding carboxylic acids is 1. The molecule has 0 saturated carbocycles. The highest BCUT2D eigenvalue weighted by molar-refractivity contribution is 5.93. The van der Waals surface area contributed by atoms with Crippen molar-refractivity contribution in [1.29, 1.82) is 0 Å². The van der Waals surface area contributed by atoms with Crippen molar-refractivity contribution in [3.05, 3.63) is 65.2 Å². The van der Waals surface area contributed by atoms with Crippen molar-refractivity contribution in [2.45, 2.75) is 6.54 Å². The van der Waals surface area contributed by atoms with Gasteiger partial charge in [-0.25, -0.2) is 4.39 Å². The lowest BCUT2D eigenvalue weighted by molar-refractivity contribution is 0.0950. The number of pyridine rings is 1. The molecule has 0 atom stereocenters. The van der Waals surface area contributed by atoms with Crippen LogP contribution in [0.3, 0.4) is 0 Å². The number of aromatic nitrogens is 1. The molecule has 0 spiro atoms. The maximum Gasteiger partial charge on any atom is 0.253 e. The fraction of sp³-hybridized carbons (Fsp3) is 0.125. The van der Waals surface area contributed by atoms with Crippen molar-refractivity contribution in [2.75, 3.05) is 6.61 Å². The lowest BCUT2D eigenvalue weighted by atomic mass is 10.1. The number of hydrogen-bond acceptors (Lipinski definition) is 3. The van der Waals surface area contributed by atoms with Gasteiger partial charge in [0.05, 0.1) is 11.8 Å². The number of carbonyl (C=O) groups is 1. The average Bonchev–Trinajstić information content (AvgIpc) is 2.51. The van der Waals surface area contributed by atoms with E-state index in [1.807, 2.05) is 24.3 Å². The third kappa shape index (κ3) is 4.41. The summed E-state index contributed by atoms with van der Waals surface area (Å²) in [5.74, 6) is 4.40. The quantitative estimate of drug-likeness (QED) is 0.840. The maximum atomic E-state index is 13.0. The second-order valence-electron chi connectivity index (χ2n) is 4.23. The Kier molecular flexibility index (Phi) is 5.02. The van der Waals surface area contributed by atoms with Crippen LogP contribution in [-0.4, -0.2) is 22.6 Å². The second kappa shape index (κ2) is 7.17. The minimum absolute atomic E-state index is 0.172. The summed E-state index contributed by atoms with van der Waals surface area (Å²) in [4.78, 5) is 15.5. The van der Waals surface area contributed by atoms with Gasteiger partial charge in [0.2, 0.25) is 0 Å². The second-order valence-corrected chi connectivity index (χ2v) is 4.23. The summed E-state index contributed by atoms with van der Waals surface area (Å²) >= 11 is 0. The Morgan fingerprint density at radius 2 is 2.19 bits per heavy atom. The first kappa shape index (κ1) is 14.7. The Balaban J connectivity index is 2.01. The monoisotopic (exact) mass is 284 g/mol. The topological polar surface area (TPSA) is 62.2 Å². The number of benzene rings is 1. The van der Waals surface area contributed by atoms with Crippen LogP contribution >= 0.6 is 0 Å². The van der Waals surface area contributed by atoms with Gasteiger partial charge in [-0.05, 0) is 23.8 Å². The third-order valence-electron chi connectivity index (χ3n) is 2.66. The minimum atomic E-state index is -0.552. The summed E-state index contributed by atoms with van der Waals surface area (Å²) in [6, 6.07) is 8.41. The molecule has 2 aromatic rings. The first-order valence-electron chi connectivity index (χ1n) is 6.26. The van der Waals surface area contributed by atoms with Crippen LogP contribution in [0, 0.1) is 17.7 Å².